The first-order valence-electron chi connectivity index (χ1n) is 3.93. The maximum Gasteiger partial charge on any atom is 0.457 e. The van der Waals surface area contributed by atoms with Crippen molar-refractivity contribution in [3.63, 3.8) is 0 Å². The van der Waals surface area contributed by atoms with Crippen LogP contribution < -0.4 is 5.32 Å². The van der Waals surface area contributed by atoms with Crippen LogP contribution in [0.3, 0.4) is 0 Å². The van der Waals surface area contributed by atoms with Gasteiger partial charge in [0, 0.05) is 18.7 Å². The molecule has 0 bridgehead atoms. The van der Waals surface area contributed by atoms with Crippen LogP contribution in [0.15, 0.2) is 24.3 Å². The normalized spacial score (nSPS) is 11.4. The highest BCUT2D eigenvalue weighted by Gasteiger charge is 2.25. The zero-order chi connectivity index (χ0) is 11.5. The standard InChI is InChI=1S/C8H7F3N2O2/c9-8(10,11)12-5-6-1-3-7(4-2-6)13(14)15/h1-4,12H,5H2. The molecule has 0 saturated heterocycles. The van der Waals surface area contributed by atoms with Gasteiger partial charge in [0.1, 0.15) is 0 Å². The molecule has 0 amide bonds. The van der Waals surface area contributed by atoms with Gasteiger partial charge in [0.2, 0.25) is 0 Å². The van der Waals surface area contributed by atoms with Gasteiger partial charge in [0.15, 0.2) is 0 Å². The summed E-state index contributed by atoms with van der Waals surface area (Å²) in [6, 6.07) is 4.87. The third-order valence-corrected chi connectivity index (χ3v) is 1.64. The number of rotatable bonds is 3. The van der Waals surface area contributed by atoms with Gasteiger partial charge < -0.3 is 0 Å². The molecule has 0 fully saturated rings. The van der Waals surface area contributed by atoms with Gasteiger partial charge in [-0.25, -0.2) is 5.32 Å². The molecule has 1 N–H and O–H groups in total. The van der Waals surface area contributed by atoms with Gasteiger partial charge in [-0.15, -0.1) is 0 Å². The molecule has 0 heterocycles. The van der Waals surface area contributed by atoms with Crippen LogP contribution in [-0.4, -0.2) is 11.2 Å². The van der Waals surface area contributed by atoms with E-state index in [9.17, 15) is 23.3 Å². The van der Waals surface area contributed by atoms with E-state index >= 15 is 0 Å². The van der Waals surface area contributed by atoms with Gasteiger partial charge in [0.05, 0.1) is 4.92 Å². The van der Waals surface area contributed by atoms with Gasteiger partial charge >= 0.3 is 6.30 Å². The molecule has 0 aliphatic heterocycles. The first-order valence-corrected chi connectivity index (χ1v) is 3.93. The number of alkyl halides is 3. The molecule has 0 atom stereocenters. The molecule has 0 aromatic heterocycles. The summed E-state index contributed by atoms with van der Waals surface area (Å²) < 4.78 is 35.2. The van der Waals surface area contributed by atoms with Crippen LogP contribution in [-0.2, 0) is 6.54 Å². The lowest BCUT2D eigenvalue weighted by Gasteiger charge is -2.07. The topological polar surface area (TPSA) is 55.2 Å². The SMILES string of the molecule is O=[N+]([O-])c1ccc(CNC(F)(F)F)cc1. The fourth-order valence-corrected chi connectivity index (χ4v) is 0.938. The van der Waals surface area contributed by atoms with E-state index < -0.39 is 17.8 Å². The van der Waals surface area contributed by atoms with Gasteiger partial charge in [0.25, 0.3) is 5.69 Å². The molecule has 1 aromatic carbocycles. The molecule has 1 aromatic rings. The van der Waals surface area contributed by atoms with E-state index in [0.717, 1.165) is 12.1 Å². The second kappa shape index (κ2) is 4.26. The second-order valence-electron chi connectivity index (χ2n) is 2.77. The third kappa shape index (κ3) is 3.94. The van der Waals surface area contributed by atoms with Crippen LogP contribution in [0.2, 0.25) is 0 Å². The molecule has 0 unspecified atom stereocenters. The fraction of sp³-hybridized carbons (Fsp3) is 0.250. The Hall–Kier alpha value is -1.63. The molecular weight excluding hydrogens is 213 g/mol. The summed E-state index contributed by atoms with van der Waals surface area (Å²) in [4.78, 5) is 9.63. The Morgan fingerprint density at radius 3 is 2.20 bits per heavy atom. The number of nitro benzene ring substituents is 1. The van der Waals surface area contributed by atoms with Crippen LogP contribution in [0, 0.1) is 10.1 Å². The lowest BCUT2D eigenvalue weighted by atomic mass is 10.2. The summed E-state index contributed by atoms with van der Waals surface area (Å²) in [6.45, 7) is -0.401. The van der Waals surface area contributed by atoms with Crippen molar-refractivity contribution in [1.29, 1.82) is 0 Å². The van der Waals surface area contributed by atoms with E-state index in [1.807, 2.05) is 0 Å². The summed E-state index contributed by atoms with van der Waals surface area (Å²) in [5.41, 5.74) is 0.184. The molecular formula is C8H7F3N2O2. The second-order valence-corrected chi connectivity index (χ2v) is 2.77. The van der Waals surface area contributed by atoms with Gasteiger partial charge in [-0.3, -0.25) is 10.1 Å². The Labute approximate surface area is 82.9 Å². The maximum absolute atomic E-state index is 11.7. The molecule has 0 radical (unpaired) electrons. The van der Waals surface area contributed by atoms with Crippen LogP contribution in [0.4, 0.5) is 18.9 Å². The molecule has 0 spiro atoms. The Kier molecular flexibility index (Phi) is 3.25. The zero-order valence-corrected chi connectivity index (χ0v) is 7.41. The quantitative estimate of drug-likeness (QED) is 0.482. The van der Waals surface area contributed by atoms with Crippen molar-refractivity contribution in [3.05, 3.63) is 39.9 Å². The van der Waals surface area contributed by atoms with E-state index in [2.05, 4.69) is 0 Å². The number of nitro groups is 1. The van der Waals surface area contributed by atoms with Crippen LogP contribution in [0.5, 0.6) is 0 Å². The summed E-state index contributed by atoms with van der Waals surface area (Å²) in [5.74, 6) is 0. The molecule has 1 rings (SSSR count). The highest BCUT2D eigenvalue weighted by atomic mass is 19.4. The van der Waals surface area contributed by atoms with Crippen molar-refractivity contribution >= 4 is 5.69 Å². The molecule has 4 nitrogen and oxygen atoms in total. The number of nitrogens with one attached hydrogen (secondary N) is 1. The Morgan fingerprint density at radius 2 is 1.80 bits per heavy atom. The largest absolute Gasteiger partial charge is 0.457 e. The smallest absolute Gasteiger partial charge is 0.258 e. The van der Waals surface area contributed by atoms with E-state index in [1.54, 1.807) is 0 Å². The number of non-ortho nitro benzene ring substituents is 1. The molecule has 82 valence electrons. The van der Waals surface area contributed by atoms with Crippen LogP contribution in [0.1, 0.15) is 5.56 Å². The number of halogens is 3. The van der Waals surface area contributed by atoms with Crippen molar-refractivity contribution in [2.75, 3.05) is 0 Å². The van der Waals surface area contributed by atoms with E-state index in [-0.39, 0.29) is 5.69 Å². The molecule has 0 aliphatic rings. The average Bonchev–Trinajstić information content (AvgIpc) is 2.14. The highest BCUT2D eigenvalue weighted by molar-refractivity contribution is 5.32. The molecule has 0 saturated carbocycles. The number of hydrogen-bond acceptors (Lipinski definition) is 3. The third-order valence-electron chi connectivity index (χ3n) is 1.64. The summed E-state index contributed by atoms with van der Waals surface area (Å²) in [6.07, 6.45) is -4.44. The van der Waals surface area contributed by atoms with Crippen molar-refractivity contribution in [3.8, 4) is 0 Å². The predicted molar refractivity (Wildman–Crippen MR) is 46.0 cm³/mol. The summed E-state index contributed by atoms with van der Waals surface area (Å²) in [5, 5.41) is 11.6. The predicted octanol–water partition coefficient (Wildman–Crippen LogP) is 2.20. The van der Waals surface area contributed by atoms with Crippen molar-refractivity contribution in [1.82, 2.24) is 5.32 Å². The summed E-state index contributed by atoms with van der Waals surface area (Å²) in [7, 11) is 0. The Morgan fingerprint density at radius 1 is 1.27 bits per heavy atom. The number of nitrogens with zero attached hydrogens (tertiary/aromatic N) is 1. The van der Waals surface area contributed by atoms with Gasteiger partial charge in [-0.05, 0) is 5.56 Å². The minimum atomic E-state index is -4.44. The van der Waals surface area contributed by atoms with Gasteiger partial charge in [-0.1, -0.05) is 12.1 Å². The maximum atomic E-state index is 11.7. The monoisotopic (exact) mass is 220 g/mol. The lowest BCUT2D eigenvalue weighted by molar-refractivity contribution is -0.384. The van der Waals surface area contributed by atoms with Crippen LogP contribution in [0.25, 0.3) is 0 Å². The fourth-order valence-electron chi connectivity index (χ4n) is 0.938. The van der Waals surface area contributed by atoms with E-state index in [4.69, 9.17) is 0 Å². The minimum Gasteiger partial charge on any atom is -0.258 e. The van der Waals surface area contributed by atoms with Crippen molar-refractivity contribution in [2.45, 2.75) is 12.8 Å². The highest BCUT2D eigenvalue weighted by Crippen LogP contribution is 2.14. The first-order chi connectivity index (χ1) is 6.88. The molecule has 15 heavy (non-hydrogen) atoms. The summed E-state index contributed by atoms with van der Waals surface area (Å²) >= 11 is 0. The number of hydrogen-bond donors (Lipinski definition) is 1. The molecule has 7 heteroatoms. The van der Waals surface area contributed by atoms with Crippen LogP contribution >= 0.6 is 0 Å². The molecule has 0 aliphatic carbocycles. The Balaban J connectivity index is 2.61. The minimum absolute atomic E-state index is 0.147. The van der Waals surface area contributed by atoms with E-state index in [1.165, 1.54) is 17.4 Å². The first kappa shape index (κ1) is 11.4. The lowest BCUT2D eigenvalue weighted by Crippen LogP contribution is -2.30. The average molecular weight is 220 g/mol. The zero-order valence-electron chi connectivity index (χ0n) is 7.41. The van der Waals surface area contributed by atoms with Gasteiger partial charge in [-0.2, -0.15) is 13.2 Å². The van der Waals surface area contributed by atoms with E-state index in [0.29, 0.717) is 5.56 Å². The Bertz CT molecular complexity index is 348. The number of benzene rings is 1. The van der Waals surface area contributed by atoms with Crippen molar-refractivity contribution < 1.29 is 18.1 Å². The van der Waals surface area contributed by atoms with Crippen molar-refractivity contribution in [2.24, 2.45) is 0 Å².